The van der Waals surface area contributed by atoms with Gasteiger partial charge >= 0.3 is 0 Å². The first-order valence-corrected chi connectivity index (χ1v) is 4.36. The van der Waals surface area contributed by atoms with E-state index in [0.717, 1.165) is 0 Å². The number of hydrogen-bond donors (Lipinski definition) is 1. The van der Waals surface area contributed by atoms with E-state index in [4.69, 9.17) is 5.11 Å². The summed E-state index contributed by atoms with van der Waals surface area (Å²) >= 11 is 0. The highest BCUT2D eigenvalue weighted by Gasteiger charge is 2.07. The zero-order valence-corrected chi connectivity index (χ0v) is 8.23. The molecule has 0 saturated heterocycles. The minimum Gasteiger partial charge on any atom is -0.395 e. The maximum atomic E-state index is 10.5. The molecular formula is C10H10N2O3. The zero-order chi connectivity index (χ0) is 11.3. The van der Waals surface area contributed by atoms with Gasteiger partial charge in [-0.1, -0.05) is 11.8 Å². The summed E-state index contributed by atoms with van der Waals surface area (Å²) in [5.74, 6) is 5.43. The van der Waals surface area contributed by atoms with E-state index in [2.05, 4.69) is 16.8 Å². The van der Waals surface area contributed by atoms with Crippen LogP contribution in [-0.2, 0) is 0 Å². The Morgan fingerprint density at radius 2 is 2.40 bits per heavy atom. The first-order valence-electron chi connectivity index (χ1n) is 4.36. The summed E-state index contributed by atoms with van der Waals surface area (Å²) in [7, 11) is 0. The van der Waals surface area contributed by atoms with Crippen molar-refractivity contribution < 1.29 is 10.0 Å². The van der Waals surface area contributed by atoms with Crippen LogP contribution in [0.4, 0.5) is 5.69 Å². The van der Waals surface area contributed by atoms with Crippen LogP contribution >= 0.6 is 0 Å². The average Bonchev–Trinajstić information content (AvgIpc) is 2.20. The fraction of sp³-hybridized carbons (Fsp3) is 0.300. The number of aromatic nitrogens is 1. The van der Waals surface area contributed by atoms with Crippen molar-refractivity contribution in [2.75, 3.05) is 6.61 Å². The molecule has 0 aliphatic heterocycles. The molecule has 0 amide bonds. The van der Waals surface area contributed by atoms with Gasteiger partial charge in [0.1, 0.15) is 6.20 Å². The number of aliphatic hydroxyl groups is 1. The lowest BCUT2D eigenvalue weighted by Gasteiger charge is -1.96. The Bertz CT molecular complexity index is 432. The van der Waals surface area contributed by atoms with Crippen molar-refractivity contribution in [3.8, 4) is 11.8 Å². The normalized spacial score (nSPS) is 9.20. The van der Waals surface area contributed by atoms with Crippen LogP contribution in [-0.4, -0.2) is 21.6 Å². The van der Waals surface area contributed by atoms with Gasteiger partial charge in [0, 0.05) is 12.5 Å². The summed E-state index contributed by atoms with van der Waals surface area (Å²) < 4.78 is 0. The Morgan fingerprint density at radius 1 is 1.67 bits per heavy atom. The second-order valence-electron chi connectivity index (χ2n) is 2.86. The van der Waals surface area contributed by atoms with Crippen LogP contribution in [0.25, 0.3) is 0 Å². The minimum atomic E-state index is -0.510. The van der Waals surface area contributed by atoms with Crippen molar-refractivity contribution in [2.24, 2.45) is 0 Å². The summed E-state index contributed by atoms with van der Waals surface area (Å²) in [4.78, 5) is 13.8. The van der Waals surface area contributed by atoms with E-state index >= 15 is 0 Å². The zero-order valence-electron chi connectivity index (χ0n) is 8.23. The molecule has 0 aliphatic carbocycles. The molecule has 1 rings (SSSR count). The second kappa shape index (κ2) is 5.08. The molecule has 15 heavy (non-hydrogen) atoms. The molecule has 0 bridgehead atoms. The van der Waals surface area contributed by atoms with Gasteiger partial charge in [0.2, 0.25) is 0 Å². The van der Waals surface area contributed by atoms with Gasteiger partial charge in [0.15, 0.2) is 0 Å². The number of aliphatic hydroxyl groups excluding tert-OH is 1. The number of pyridine rings is 1. The molecule has 0 radical (unpaired) electrons. The molecule has 0 atom stereocenters. The molecule has 0 unspecified atom stereocenters. The van der Waals surface area contributed by atoms with Gasteiger partial charge in [-0.3, -0.25) is 15.1 Å². The SMILES string of the molecule is Cc1ncc([N+](=O)[O-])cc1C#CCCO. The number of aryl methyl sites for hydroxylation is 1. The molecule has 0 aliphatic rings. The van der Waals surface area contributed by atoms with Gasteiger partial charge in [0.05, 0.1) is 22.8 Å². The molecule has 1 aromatic rings. The molecule has 78 valence electrons. The van der Waals surface area contributed by atoms with Crippen LogP contribution in [0, 0.1) is 28.9 Å². The van der Waals surface area contributed by atoms with Crippen molar-refractivity contribution in [2.45, 2.75) is 13.3 Å². The van der Waals surface area contributed by atoms with E-state index in [1.165, 1.54) is 12.3 Å². The van der Waals surface area contributed by atoms with E-state index in [0.29, 0.717) is 17.7 Å². The quantitative estimate of drug-likeness (QED) is 0.445. The van der Waals surface area contributed by atoms with E-state index < -0.39 is 4.92 Å². The molecule has 0 spiro atoms. The molecule has 5 nitrogen and oxygen atoms in total. The lowest BCUT2D eigenvalue weighted by molar-refractivity contribution is -0.385. The third-order valence-corrected chi connectivity index (χ3v) is 1.74. The summed E-state index contributed by atoms with van der Waals surface area (Å²) in [5, 5.41) is 19.0. The third kappa shape index (κ3) is 3.04. The fourth-order valence-corrected chi connectivity index (χ4v) is 0.962. The van der Waals surface area contributed by atoms with Crippen LogP contribution < -0.4 is 0 Å². The predicted octanol–water partition coefficient (Wildman–Crippen LogP) is 1.03. The number of rotatable bonds is 2. The number of nitrogens with zero attached hydrogens (tertiary/aromatic N) is 2. The monoisotopic (exact) mass is 206 g/mol. The predicted molar refractivity (Wildman–Crippen MR) is 54.2 cm³/mol. The highest BCUT2D eigenvalue weighted by molar-refractivity contribution is 5.44. The smallest absolute Gasteiger partial charge is 0.288 e. The maximum Gasteiger partial charge on any atom is 0.288 e. The molecule has 0 fully saturated rings. The third-order valence-electron chi connectivity index (χ3n) is 1.74. The van der Waals surface area contributed by atoms with Crippen LogP contribution in [0.15, 0.2) is 12.3 Å². The summed E-state index contributed by atoms with van der Waals surface area (Å²) in [6.07, 6.45) is 1.55. The van der Waals surface area contributed by atoms with Gasteiger partial charge in [-0.15, -0.1) is 0 Å². The van der Waals surface area contributed by atoms with Gasteiger partial charge in [-0.05, 0) is 6.92 Å². The van der Waals surface area contributed by atoms with E-state index in [-0.39, 0.29) is 12.3 Å². The Kier molecular flexibility index (Phi) is 3.77. The van der Waals surface area contributed by atoms with E-state index in [1.807, 2.05) is 0 Å². The van der Waals surface area contributed by atoms with Crippen molar-refractivity contribution in [3.63, 3.8) is 0 Å². The standard InChI is InChI=1S/C10H10N2O3/c1-8-9(4-2-3-5-13)6-10(7-11-8)12(14)15/h6-7,13H,3,5H2,1H3. The molecule has 1 N–H and O–H groups in total. The first kappa shape index (κ1) is 11.1. The molecule has 1 aromatic heterocycles. The number of nitro groups is 1. The summed E-state index contributed by atoms with van der Waals surface area (Å²) in [6.45, 7) is 1.71. The minimum absolute atomic E-state index is 0.0194. The average molecular weight is 206 g/mol. The lowest BCUT2D eigenvalue weighted by atomic mass is 10.2. The van der Waals surface area contributed by atoms with Crippen LogP contribution in [0.1, 0.15) is 17.7 Å². The number of hydrogen-bond acceptors (Lipinski definition) is 4. The molecule has 0 aromatic carbocycles. The van der Waals surface area contributed by atoms with Gasteiger partial charge in [-0.25, -0.2) is 0 Å². The fourth-order valence-electron chi connectivity index (χ4n) is 0.962. The Balaban J connectivity index is 3.02. The van der Waals surface area contributed by atoms with Gasteiger partial charge < -0.3 is 5.11 Å². The summed E-state index contributed by atoms with van der Waals surface area (Å²) in [5.41, 5.74) is 1.09. The largest absolute Gasteiger partial charge is 0.395 e. The topological polar surface area (TPSA) is 76.3 Å². The first-order chi connectivity index (χ1) is 7.15. The highest BCUT2D eigenvalue weighted by Crippen LogP contribution is 2.13. The Hall–Kier alpha value is -1.93. The molecule has 1 heterocycles. The van der Waals surface area contributed by atoms with Gasteiger partial charge in [0.25, 0.3) is 5.69 Å². The second-order valence-corrected chi connectivity index (χ2v) is 2.86. The molecular weight excluding hydrogens is 196 g/mol. The van der Waals surface area contributed by atoms with Crippen molar-refractivity contribution >= 4 is 5.69 Å². The maximum absolute atomic E-state index is 10.5. The van der Waals surface area contributed by atoms with Crippen molar-refractivity contribution in [3.05, 3.63) is 33.6 Å². The van der Waals surface area contributed by atoms with Crippen LogP contribution in [0.3, 0.4) is 0 Å². The van der Waals surface area contributed by atoms with E-state index in [9.17, 15) is 10.1 Å². The molecule has 5 heteroatoms. The lowest BCUT2D eigenvalue weighted by Crippen LogP contribution is -1.93. The van der Waals surface area contributed by atoms with Crippen LogP contribution in [0.5, 0.6) is 0 Å². The van der Waals surface area contributed by atoms with Crippen LogP contribution in [0.2, 0.25) is 0 Å². The Morgan fingerprint density at radius 3 is 3.00 bits per heavy atom. The van der Waals surface area contributed by atoms with Crippen molar-refractivity contribution in [1.82, 2.24) is 4.98 Å². The van der Waals surface area contributed by atoms with E-state index in [1.54, 1.807) is 6.92 Å². The summed E-state index contributed by atoms with van der Waals surface area (Å²) in [6, 6.07) is 1.38. The molecule has 0 saturated carbocycles. The van der Waals surface area contributed by atoms with Gasteiger partial charge in [-0.2, -0.15) is 0 Å². The Labute approximate surface area is 86.9 Å². The highest BCUT2D eigenvalue weighted by atomic mass is 16.6. The van der Waals surface area contributed by atoms with Crippen molar-refractivity contribution in [1.29, 1.82) is 0 Å².